The van der Waals surface area contributed by atoms with Gasteiger partial charge >= 0.3 is 0 Å². The average Bonchev–Trinajstić information content (AvgIpc) is 3.05. The topological polar surface area (TPSA) is 39.7 Å². The number of rotatable bonds is 7. The van der Waals surface area contributed by atoms with Crippen LogP contribution >= 0.6 is 11.8 Å². The number of aliphatic imine (C=N–C) groups is 1. The Morgan fingerprint density at radius 2 is 2.04 bits per heavy atom. The van der Waals surface area contributed by atoms with E-state index in [1.165, 1.54) is 24.8 Å². The minimum absolute atomic E-state index is 0.438. The van der Waals surface area contributed by atoms with Gasteiger partial charge in [-0.05, 0) is 51.6 Å². The first-order chi connectivity index (χ1) is 11.6. The van der Waals surface area contributed by atoms with Gasteiger partial charge in [0, 0.05) is 30.9 Å². The van der Waals surface area contributed by atoms with Gasteiger partial charge in [0.25, 0.3) is 0 Å². The normalized spacial score (nSPS) is 22.6. The van der Waals surface area contributed by atoms with Crippen LogP contribution in [0.15, 0.2) is 35.3 Å². The minimum atomic E-state index is 0.438. The average molecular weight is 349 g/mol. The van der Waals surface area contributed by atoms with Gasteiger partial charge in [-0.2, -0.15) is 11.8 Å². The number of hydrogen-bond acceptors (Lipinski definition) is 3. The predicted molar refractivity (Wildman–Crippen MR) is 107 cm³/mol. The number of likely N-dealkylation sites (N-methyl/N-ethyl adjacent to an activating group) is 1. The molecule has 1 fully saturated rings. The van der Waals surface area contributed by atoms with Gasteiger partial charge in [0.15, 0.2) is 5.96 Å². The lowest BCUT2D eigenvalue weighted by atomic mass is 10.1. The summed E-state index contributed by atoms with van der Waals surface area (Å²) in [5.74, 6) is 0.932. The van der Waals surface area contributed by atoms with Crippen molar-refractivity contribution in [2.24, 2.45) is 4.99 Å². The first-order valence-electron chi connectivity index (χ1n) is 8.82. The third-order valence-corrected chi connectivity index (χ3v) is 5.93. The number of benzene rings is 1. The number of nitrogens with zero attached hydrogens (tertiary/aromatic N) is 2. The maximum Gasteiger partial charge on any atom is 0.191 e. The van der Waals surface area contributed by atoms with Gasteiger partial charge in [-0.25, -0.2) is 0 Å². The maximum atomic E-state index is 4.41. The first-order valence-corrected chi connectivity index (χ1v) is 10.1. The molecule has 24 heavy (non-hydrogen) atoms. The van der Waals surface area contributed by atoms with E-state index in [2.05, 4.69) is 71.2 Å². The molecule has 2 rings (SSSR count). The molecule has 0 aromatic heterocycles. The van der Waals surface area contributed by atoms with Crippen molar-refractivity contribution < 1.29 is 0 Å². The Morgan fingerprint density at radius 3 is 2.62 bits per heavy atom. The van der Waals surface area contributed by atoms with Gasteiger partial charge in [-0.15, -0.1) is 0 Å². The van der Waals surface area contributed by atoms with Crippen molar-refractivity contribution in [1.82, 2.24) is 15.5 Å². The van der Waals surface area contributed by atoms with Gasteiger partial charge < -0.3 is 15.5 Å². The highest BCUT2D eigenvalue weighted by Crippen LogP contribution is 2.27. The van der Waals surface area contributed by atoms with Crippen LogP contribution < -0.4 is 10.6 Å². The van der Waals surface area contributed by atoms with Crippen molar-refractivity contribution in [3.8, 4) is 0 Å². The van der Waals surface area contributed by atoms with Crippen molar-refractivity contribution in [2.45, 2.75) is 43.0 Å². The highest BCUT2D eigenvalue weighted by Gasteiger charge is 2.24. The van der Waals surface area contributed by atoms with Gasteiger partial charge in [0.05, 0.1) is 0 Å². The smallest absolute Gasteiger partial charge is 0.191 e. The fraction of sp³-hybridized carbons (Fsp3) is 0.632. The fourth-order valence-corrected chi connectivity index (χ4v) is 4.01. The van der Waals surface area contributed by atoms with Crippen LogP contribution in [0.4, 0.5) is 0 Å². The third kappa shape index (κ3) is 6.02. The molecule has 0 heterocycles. The molecule has 0 spiro atoms. The molecule has 0 saturated heterocycles. The molecule has 5 heteroatoms. The summed E-state index contributed by atoms with van der Waals surface area (Å²) >= 11 is 1.99. The van der Waals surface area contributed by atoms with E-state index < -0.39 is 0 Å². The second kappa shape index (κ2) is 9.94. The van der Waals surface area contributed by atoms with Crippen LogP contribution in [0, 0.1) is 0 Å². The zero-order valence-electron chi connectivity index (χ0n) is 15.5. The van der Waals surface area contributed by atoms with Crippen LogP contribution in [0.2, 0.25) is 0 Å². The Bertz CT molecular complexity index is 503. The molecule has 3 unspecified atom stereocenters. The van der Waals surface area contributed by atoms with Gasteiger partial charge in [-0.3, -0.25) is 4.99 Å². The van der Waals surface area contributed by atoms with Crippen molar-refractivity contribution in [1.29, 1.82) is 0 Å². The Kier molecular flexibility index (Phi) is 7.92. The highest BCUT2D eigenvalue weighted by molar-refractivity contribution is 7.99. The summed E-state index contributed by atoms with van der Waals surface area (Å²) < 4.78 is 0. The lowest BCUT2D eigenvalue weighted by molar-refractivity contribution is 0.290. The lowest BCUT2D eigenvalue weighted by Gasteiger charge is -2.26. The highest BCUT2D eigenvalue weighted by atomic mass is 32.2. The summed E-state index contributed by atoms with van der Waals surface area (Å²) in [6.45, 7) is 0.889. The van der Waals surface area contributed by atoms with E-state index in [-0.39, 0.29) is 0 Å². The summed E-state index contributed by atoms with van der Waals surface area (Å²) in [5, 5.41) is 7.92. The third-order valence-electron chi connectivity index (χ3n) is 4.83. The number of hydrogen-bond donors (Lipinski definition) is 2. The Labute approximate surface area is 151 Å². The number of thioether (sulfide) groups is 1. The van der Waals surface area contributed by atoms with Crippen LogP contribution in [0.5, 0.6) is 0 Å². The van der Waals surface area contributed by atoms with Crippen molar-refractivity contribution in [2.75, 3.05) is 33.9 Å². The quantitative estimate of drug-likeness (QED) is 0.587. The largest absolute Gasteiger partial charge is 0.355 e. The van der Waals surface area contributed by atoms with Crippen LogP contribution in [-0.4, -0.2) is 62.1 Å². The molecule has 1 aliphatic rings. The molecular formula is C19H32N4S. The summed E-state index contributed by atoms with van der Waals surface area (Å²) in [6.07, 6.45) is 7.04. The Balaban J connectivity index is 1.83. The van der Waals surface area contributed by atoms with Crippen molar-refractivity contribution >= 4 is 17.7 Å². The summed E-state index contributed by atoms with van der Waals surface area (Å²) in [6, 6.07) is 11.7. The standard InChI is InChI=1S/C19H32N4S/c1-20-19(22-16-10-11-18(13-16)24-4)21-14-17(23(2)3)12-15-8-6-5-7-9-15/h5-9,16-18H,10-14H2,1-4H3,(H2,20,21,22). The molecule has 1 aliphatic carbocycles. The van der Waals surface area contributed by atoms with E-state index in [4.69, 9.17) is 0 Å². The molecule has 1 aromatic rings. The molecule has 0 amide bonds. The second-order valence-corrected chi connectivity index (χ2v) is 7.91. The molecule has 0 bridgehead atoms. The van der Waals surface area contributed by atoms with Gasteiger partial charge in [-0.1, -0.05) is 30.3 Å². The molecule has 2 N–H and O–H groups in total. The van der Waals surface area contributed by atoms with Crippen LogP contribution in [0.1, 0.15) is 24.8 Å². The van der Waals surface area contributed by atoms with Crippen molar-refractivity contribution in [3.63, 3.8) is 0 Å². The predicted octanol–water partition coefficient (Wildman–Crippen LogP) is 2.61. The molecule has 134 valence electrons. The Hall–Kier alpha value is -1.20. The lowest BCUT2D eigenvalue weighted by Crippen LogP contribution is -2.48. The van der Waals surface area contributed by atoms with E-state index in [0.29, 0.717) is 12.1 Å². The van der Waals surface area contributed by atoms with Gasteiger partial charge in [0.1, 0.15) is 0 Å². The second-order valence-electron chi connectivity index (χ2n) is 6.77. The van der Waals surface area contributed by atoms with E-state index in [1.807, 2.05) is 18.8 Å². The van der Waals surface area contributed by atoms with Gasteiger partial charge in [0.2, 0.25) is 0 Å². The molecule has 1 aromatic carbocycles. The molecule has 3 atom stereocenters. The molecule has 1 saturated carbocycles. The van der Waals surface area contributed by atoms with Crippen LogP contribution in [0.25, 0.3) is 0 Å². The summed E-state index contributed by atoms with van der Waals surface area (Å²) in [4.78, 5) is 6.69. The molecule has 4 nitrogen and oxygen atoms in total. The SMILES string of the molecule is CN=C(NCC(Cc1ccccc1)N(C)C)NC1CCC(SC)C1. The summed E-state index contributed by atoms with van der Waals surface area (Å²) in [5.41, 5.74) is 1.37. The van der Waals surface area contributed by atoms with E-state index in [1.54, 1.807) is 0 Å². The fourth-order valence-electron chi connectivity index (χ4n) is 3.21. The monoisotopic (exact) mass is 348 g/mol. The summed E-state index contributed by atoms with van der Waals surface area (Å²) in [7, 11) is 6.15. The van der Waals surface area contributed by atoms with Crippen LogP contribution in [0.3, 0.4) is 0 Å². The van der Waals surface area contributed by atoms with Crippen molar-refractivity contribution in [3.05, 3.63) is 35.9 Å². The number of guanidine groups is 1. The first kappa shape index (κ1) is 19.1. The van der Waals surface area contributed by atoms with E-state index in [9.17, 15) is 0 Å². The molecular weight excluding hydrogens is 316 g/mol. The van der Waals surface area contributed by atoms with E-state index in [0.717, 1.165) is 24.2 Å². The molecule has 0 radical (unpaired) electrons. The minimum Gasteiger partial charge on any atom is -0.355 e. The Morgan fingerprint density at radius 1 is 1.29 bits per heavy atom. The number of nitrogens with one attached hydrogen (secondary N) is 2. The van der Waals surface area contributed by atoms with E-state index >= 15 is 0 Å². The zero-order chi connectivity index (χ0) is 17.4. The van der Waals surface area contributed by atoms with Crippen LogP contribution in [-0.2, 0) is 6.42 Å². The zero-order valence-corrected chi connectivity index (χ0v) is 16.3. The molecule has 0 aliphatic heterocycles. The maximum absolute atomic E-state index is 4.41.